The Morgan fingerprint density at radius 3 is 1.90 bits per heavy atom. The van der Waals surface area contributed by atoms with E-state index >= 15 is 0 Å². The Bertz CT molecular complexity index is 872. The monoisotopic (exact) mass is 408 g/mol. The molecule has 0 saturated carbocycles. The molecule has 1 atom stereocenters. The molecule has 0 radical (unpaired) electrons. The van der Waals surface area contributed by atoms with Gasteiger partial charge < -0.3 is 24.4 Å². The molecule has 0 aliphatic carbocycles. The molecular formula is C25H28O5. The van der Waals surface area contributed by atoms with E-state index in [-0.39, 0.29) is 19.8 Å². The summed E-state index contributed by atoms with van der Waals surface area (Å²) in [5.74, 6) is 1.13. The van der Waals surface area contributed by atoms with Crippen LogP contribution in [0.1, 0.15) is 16.7 Å². The van der Waals surface area contributed by atoms with E-state index in [0.29, 0.717) is 11.5 Å². The average Bonchev–Trinajstić information content (AvgIpc) is 2.81. The van der Waals surface area contributed by atoms with E-state index in [4.69, 9.17) is 19.3 Å². The molecule has 0 heterocycles. The summed E-state index contributed by atoms with van der Waals surface area (Å²) in [4.78, 5) is 0. The summed E-state index contributed by atoms with van der Waals surface area (Å²) in [6.45, 7) is 0.0650. The molecule has 0 bridgehead atoms. The van der Waals surface area contributed by atoms with Gasteiger partial charge in [-0.1, -0.05) is 72.8 Å². The zero-order valence-electron chi connectivity index (χ0n) is 17.3. The van der Waals surface area contributed by atoms with Gasteiger partial charge in [-0.2, -0.15) is 0 Å². The van der Waals surface area contributed by atoms with Crippen LogP contribution in [0, 0.1) is 0 Å². The minimum absolute atomic E-state index is 0.0325. The number of hydrogen-bond acceptors (Lipinski definition) is 5. The van der Waals surface area contributed by atoms with Crippen molar-refractivity contribution in [1.29, 1.82) is 0 Å². The first-order valence-corrected chi connectivity index (χ1v) is 9.89. The van der Waals surface area contributed by atoms with Gasteiger partial charge in [0.1, 0.15) is 0 Å². The lowest BCUT2D eigenvalue weighted by Gasteiger charge is -2.40. The molecule has 30 heavy (non-hydrogen) atoms. The molecule has 0 saturated heterocycles. The van der Waals surface area contributed by atoms with E-state index in [2.05, 4.69) is 0 Å². The predicted octanol–water partition coefficient (Wildman–Crippen LogP) is 3.41. The second-order valence-electron chi connectivity index (χ2n) is 6.90. The van der Waals surface area contributed by atoms with Crippen LogP contribution in [-0.4, -0.2) is 50.4 Å². The number of hydrogen-bond donors (Lipinski definition) is 2. The molecule has 0 aromatic heterocycles. The molecule has 2 N–H and O–H groups in total. The van der Waals surface area contributed by atoms with Gasteiger partial charge in [0, 0.05) is 5.56 Å². The minimum atomic E-state index is -0.988. The summed E-state index contributed by atoms with van der Waals surface area (Å²) in [6, 6.07) is 25.3. The minimum Gasteiger partial charge on any atom is -0.493 e. The van der Waals surface area contributed by atoms with Crippen molar-refractivity contribution in [3.8, 4) is 11.5 Å². The van der Waals surface area contributed by atoms with Crippen molar-refractivity contribution in [3.63, 3.8) is 0 Å². The second-order valence-corrected chi connectivity index (χ2v) is 6.90. The number of methoxy groups -OCH3 is 2. The SMILES string of the molecule is COc1cccc(C(c2ccccc2)(c2ccccc2)C(O)COCCO)c1OC. The first-order chi connectivity index (χ1) is 14.7. The van der Waals surface area contributed by atoms with Crippen molar-refractivity contribution in [2.75, 3.05) is 34.0 Å². The third kappa shape index (κ3) is 4.05. The second kappa shape index (κ2) is 10.3. The highest BCUT2D eigenvalue weighted by Crippen LogP contribution is 2.48. The maximum Gasteiger partial charge on any atom is 0.165 e. The topological polar surface area (TPSA) is 68.2 Å². The summed E-state index contributed by atoms with van der Waals surface area (Å²) in [5.41, 5.74) is 1.56. The molecule has 0 aliphatic rings. The standard InChI is InChI=1S/C25H28O5/c1-28-22-15-9-14-21(24(22)29-2)25(19-10-5-3-6-11-19,20-12-7-4-8-13-20)23(27)18-30-17-16-26/h3-15,23,26-27H,16-18H2,1-2H3. The Morgan fingerprint density at radius 1 is 0.800 bits per heavy atom. The summed E-state index contributed by atoms with van der Waals surface area (Å²) >= 11 is 0. The van der Waals surface area contributed by atoms with Gasteiger partial charge >= 0.3 is 0 Å². The van der Waals surface area contributed by atoms with Gasteiger partial charge in [0.05, 0.1) is 45.6 Å². The number of benzene rings is 3. The Morgan fingerprint density at radius 2 is 1.40 bits per heavy atom. The van der Waals surface area contributed by atoms with Crippen LogP contribution in [-0.2, 0) is 10.2 Å². The summed E-state index contributed by atoms with van der Waals surface area (Å²) in [7, 11) is 3.19. The van der Waals surface area contributed by atoms with Gasteiger partial charge in [0.25, 0.3) is 0 Å². The quantitative estimate of drug-likeness (QED) is 0.398. The fourth-order valence-electron chi connectivity index (χ4n) is 4.03. The maximum atomic E-state index is 11.6. The smallest absolute Gasteiger partial charge is 0.165 e. The molecule has 3 rings (SSSR count). The normalized spacial score (nSPS) is 12.4. The summed E-state index contributed by atoms with van der Waals surface area (Å²) in [6.07, 6.45) is -0.963. The van der Waals surface area contributed by atoms with Gasteiger partial charge in [-0.25, -0.2) is 0 Å². The Balaban J connectivity index is 2.35. The largest absolute Gasteiger partial charge is 0.493 e. The van der Waals surface area contributed by atoms with Crippen LogP contribution in [0.2, 0.25) is 0 Å². The molecule has 0 aliphatic heterocycles. The summed E-state index contributed by atoms with van der Waals surface area (Å²) < 4.78 is 16.9. The van der Waals surface area contributed by atoms with E-state index < -0.39 is 11.5 Å². The first kappa shape index (κ1) is 21.8. The van der Waals surface area contributed by atoms with Crippen LogP contribution in [0.15, 0.2) is 78.9 Å². The zero-order chi connectivity index (χ0) is 21.4. The van der Waals surface area contributed by atoms with E-state index in [0.717, 1.165) is 16.7 Å². The lowest BCUT2D eigenvalue weighted by Crippen LogP contribution is -2.45. The zero-order valence-corrected chi connectivity index (χ0v) is 17.3. The van der Waals surface area contributed by atoms with Crippen LogP contribution in [0.4, 0.5) is 0 Å². The molecule has 1 unspecified atom stereocenters. The third-order valence-electron chi connectivity index (χ3n) is 5.30. The van der Waals surface area contributed by atoms with Crippen molar-refractivity contribution >= 4 is 0 Å². The molecule has 0 fully saturated rings. The number of ether oxygens (including phenoxy) is 3. The van der Waals surface area contributed by atoms with Gasteiger partial charge in [0.2, 0.25) is 0 Å². The van der Waals surface area contributed by atoms with Gasteiger partial charge in [-0.05, 0) is 17.2 Å². The molecule has 158 valence electrons. The van der Waals surface area contributed by atoms with Crippen molar-refractivity contribution in [2.24, 2.45) is 0 Å². The molecule has 0 amide bonds. The highest BCUT2D eigenvalue weighted by atomic mass is 16.5. The number of aliphatic hydroxyl groups excluding tert-OH is 2. The van der Waals surface area contributed by atoms with Crippen molar-refractivity contribution in [2.45, 2.75) is 11.5 Å². The van der Waals surface area contributed by atoms with Gasteiger partial charge in [-0.15, -0.1) is 0 Å². The number of rotatable bonds is 10. The van der Waals surface area contributed by atoms with E-state index in [1.54, 1.807) is 14.2 Å². The fraction of sp³-hybridized carbons (Fsp3) is 0.280. The van der Waals surface area contributed by atoms with Crippen LogP contribution >= 0.6 is 0 Å². The molecule has 0 spiro atoms. The van der Waals surface area contributed by atoms with Crippen LogP contribution < -0.4 is 9.47 Å². The molecule has 5 nitrogen and oxygen atoms in total. The van der Waals surface area contributed by atoms with Crippen molar-refractivity contribution < 1.29 is 24.4 Å². The van der Waals surface area contributed by atoms with Crippen LogP contribution in [0.25, 0.3) is 0 Å². The lowest BCUT2D eigenvalue weighted by atomic mass is 9.65. The predicted molar refractivity (Wildman–Crippen MR) is 116 cm³/mol. The highest BCUT2D eigenvalue weighted by Gasteiger charge is 2.45. The number of para-hydroxylation sites is 1. The average molecular weight is 408 g/mol. The van der Waals surface area contributed by atoms with Crippen molar-refractivity contribution in [1.82, 2.24) is 0 Å². The number of aliphatic hydroxyl groups is 2. The van der Waals surface area contributed by atoms with E-state index in [1.165, 1.54) is 0 Å². The third-order valence-corrected chi connectivity index (χ3v) is 5.30. The Kier molecular flexibility index (Phi) is 7.46. The fourth-order valence-corrected chi connectivity index (χ4v) is 4.03. The summed E-state index contributed by atoms with van der Waals surface area (Å²) in [5, 5.41) is 20.8. The van der Waals surface area contributed by atoms with Gasteiger partial charge in [-0.3, -0.25) is 0 Å². The van der Waals surface area contributed by atoms with Crippen molar-refractivity contribution in [3.05, 3.63) is 95.6 Å². The molecular weight excluding hydrogens is 380 g/mol. The maximum absolute atomic E-state index is 11.6. The molecule has 3 aromatic rings. The highest BCUT2D eigenvalue weighted by molar-refractivity contribution is 5.60. The molecule has 5 heteroatoms. The van der Waals surface area contributed by atoms with E-state index in [9.17, 15) is 5.11 Å². The molecule has 3 aromatic carbocycles. The van der Waals surface area contributed by atoms with Gasteiger partial charge in [0.15, 0.2) is 11.5 Å². The Hall–Kier alpha value is -2.86. The first-order valence-electron chi connectivity index (χ1n) is 9.89. The van der Waals surface area contributed by atoms with Crippen LogP contribution in [0.5, 0.6) is 11.5 Å². The van der Waals surface area contributed by atoms with E-state index in [1.807, 2.05) is 78.9 Å². The van der Waals surface area contributed by atoms with Crippen LogP contribution in [0.3, 0.4) is 0 Å². The lowest BCUT2D eigenvalue weighted by molar-refractivity contribution is -0.000442. The Labute approximate surface area is 177 Å².